The van der Waals surface area contributed by atoms with Crippen molar-refractivity contribution in [2.75, 3.05) is 5.73 Å². The van der Waals surface area contributed by atoms with E-state index in [0.717, 1.165) is 25.6 Å². The van der Waals surface area contributed by atoms with E-state index in [1.54, 1.807) is 29.4 Å². The number of anilines is 1. The van der Waals surface area contributed by atoms with Gasteiger partial charge in [-0.15, -0.1) is 0 Å². The maximum atomic E-state index is 6.08. The third-order valence-electron chi connectivity index (χ3n) is 4.44. The lowest BCUT2D eigenvalue weighted by molar-refractivity contribution is 0.756. The molecule has 0 fully saturated rings. The van der Waals surface area contributed by atoms with Gasteiger partial charge in [-0.1, -0.05) is 6.07 Å². The number of nitrogen functional groups attached to an aromatic ring is 1. The molecule has 138 valence electrons. The molecule has 5 heterocycles. The maximum absolute atomic E-state index is 6.08. The number of imidazole rings is 1. The molecule has 3 aromatic heterocycles. The number of hydrogen-bond acceptors (Lipinski definition) is 6. The lowest BCUT2D eigenvalue weighted by Crippen LogP contribution is -2.10. The molecule has 8 nitrogen and oxygen atoms in total. The second kappa shape index (κ2) is 6.64. The summed E-state index contributed by atoms with van der Waals surface area (Å²) in [7, 11) is 0. The molecule has 10 heteroatoms. The summed E-state index contributed by atoms with van der Waals surface area (Å²) in [6.07, 6.45) is 8.82. The SMILES string of the molecule is Nc1ncn(Cc2c(Br)cncc2Br)c2nc(-c3cnn4ccccc34)nc1-2. The zero-order valence-electron chi connectivity index (χ0n) is 14.3. The van der Waals surface area contributed by atoms with E-state index in [1.165, 1.54) is 0 Å². The Morgan fingerprint density at radius 3 is 2.68 bits per heavy atom. The molecule has 0 aromatic carbocycles. The molecule has 0 bridgehead atoms. The van der Waals surface area contributed by atoms with Crippen LogP contribution in [0.25, 0.3) is 28.4 Å². The minimum atomic E-state index is 0.342. The fourth-order valence-corrected chi connectivity index (χ4v) is 4.24. The van der Waals surface area contributed by atoms with E-state index in [9.17, 15) is 0 Å². The Morgan fingerprint density at radius 2 is 1.86 bits per heavy atom. The second-order valence-corrected chi connectivity index (χ2v) is 7.86. The molecule has 2 aliphatic heterocycles. The third-order valence-corrected chi connectivity index (χ3v) is 5.81. The number of aromatic nitrogens is 7. The van der Waals surface area contributed by atoms with Crippen LogP contribution >= 0.6 is 31.9 Å². The zero-order chi connectivity index (χ0) is 19.3. The number of rotatable bonds is 3. The molecule has 2 aliphatic rings. The summed E-state index contributed by atoms with van der Waals surface area (Å²) >= 11 is 7.10. The van der Waals surface area contributed by atoms with Crippen molar-refractivity contribution in [3.8, 4) is 22.9 Å². The van der Waals surface area contributed by atoms with E-state index in [-0.39, 0.29) is 0 Å². The molecule has 5 rings (SSSR count). The van der Waals surface area contributed by atoms with Gasteiger partial charge in [0.1, 0.15) is 0 Å². The molecule has 0 saturated heterocycles. The molecule has 0 atom stereocenters. The Bertz CT molecular complexity index is 1270. The summed E-state index contributed by atoms with van der Waals surface area (Å²) < 4.78 is 5.49. The molecular weight excluding hydrogens is 488 g/mol. The highest BCUT2D eigenvalue weighted by Gasteiger charge is 2.22. The van der Waals surface area contributed by atoms with Crippen LogP contribution < -0.4 is 5.73 Å². The number of pyridine rings is 2. The molecule has 0 unspecified atom stereocenters. The smallest absolute Gasteiger partial charge is 0.166 e. The first-order valence-corrected chi connectivity index (χ1v) is 9.89. The van der Waals surface area contributed by atoms with E-state index < -0.39 is 0 Å². The van der Waals surface area contributed by atoms with Crippen LogP contribution in [0.4, 0.5) is 5.82 Å². The van der Waals surface area contributed by atoms with Gasteiger partial charge in [-0.05, 0) is 44.0 Å². The van der Waals surface area contributed by atoms with Crippen molar-refractivity contribution in [3.05, 3.63) is 63.8 Å². The van der Waals surface area contributed by atoms with Crippen molar-refractivity contribution in [2.45, 2.75) is 6.54 Å². The van der Waals surface area contributed by atoms with Gasteiger partial charge in [0, 0.05) is 33.1 Å². The average molecular weight is 500 g/mol. The Kier molecular flexibility index (Phi) is 4.09. The average Bonchev–Trinajstić information content (AvgIpc) is 3.31. The van der Waals surface area contributed by atoms with Gasteiger partial charge >= 0.3 is 0 Å². The van der Waals surface area contributed by atoms with E-state index in [1.807, 2.05) is 29.0 Å². The number of nitrogens with zero attached hydrogens (tertiary/aromatic N) is 7. The number of nitrogens with two attached hydrogens (primary N) is 1. The van der Waals surface area contributed by atoms with Crippen molar-refractivity contribution in [3.63, 3.8) is 0 Å². The van der Waals surface area contributed by atoms with E-state index >= 15 is 0 Å². The number of fused-ring (bicyclic) bond motifs is 2. The second-order valence-electron chi connectivity index (χ2n) is 6.15. The minimum absolute atomic E-state index is 0.342. The largest absolute Gasteiger partial charge is 0.382 e. The van der Waals surface area contributed by atoms with Gasteiger partial charge in [-0.3, -0.25) is 4.98 Å². The summed E-state index contributed by atoms with van der Waals surface area (Å²) in [4.78, 5) is 17.8. The number of halogens is 2. The van der Waals surface area contributed by atoms with Gasteiger partial charge in [-0.2, -0.15) is 5.10 Å². The van der Waals surface area contributed by atoms with Crippen molar-refractivity contribution in [1.29, 1.82) is 0 Å². The Balaban J connectivity index is 1.66. The van der Waals surface area contributed by atoms with Crippen molar-refractivity contribution in [2.24, 2.45) is 0 Å². The number of hydrogen-bond donors (Lipinski definition) is 1. The molecule has 3 aromatic rings. The minimum Gasteiger partial charge on any atom is -0.382 e. The topological polar surface area (TPSA) is 99.8 Å². The highest BCUT2D eigenvalue weighted by molar-refractivity contribution is 9.11. The molecule has 0 amide bonds. The van der Waals surface area contributed by atoms with E-state index in [2.05, 4.69) is 51.9 Å². The van der Waals surface area contributed by atoms with Crippen LogP contribution in [0.3, 0.4) is 0 Å². The quantitative estimate of drug-likeness (QED) is 0.406. The standard InChI is InChI=1S/C18H12Br2N8/c19-12-6-22-7-13(20)11(12)8-27-9-23-16(21)15-18(27)26-17(25-15)10-5-24-28-4-2-1-3-14(10)28/h1-7,9H,8,21H2. The third kappa shape index (κ3) is 2.76. The van der Waals surface area contributed by atoms with Crippen LogP contribution in [0.1, 0.15) is 5.56 Å². The fourth-order valence-electron chi connectivity index (χ4n) is 3.06. The lowest BCUT2D eigenvalue weighted by Gasteiger charge is -2.13. The van der Waals surface area contributed by atoms with Crippen LogP contribution in [0.5, 0.6) is 0 Å². The van der Waals surface area contributed by atoms with Gasteiger partial charge in [0.25, 0.3) is 0 Å². The Hall–Kier alpha value is -2.85. The molecule has 0 saturated carbocycles. The van der Waals surface area contributed by atoms with Crippen LogP contribution in [0, 0.1) is 0 Å². The van der Waals surface area contributed by atoms with E-state index in [4.69, 9.17) is 10.7 Å². The first-order chi connectivity index (χ1) is 13.6. The fraction of sp³-hybridized carbons (Fsp3) is 0.0556. The normalized spacial score (nSPS) is 11.5. The van der Waals surface area contributed by atoms with Crippen LogP contribution in [0.15, 0.2) is 58.3 Å². The predicted molar refractivity (Wildman–Crippen MR) is 112 cm³/mol. The van der Waals surface area contributed by atoms with Crippen LogP contribution in [-0.2, 0) is 6.54 Å². The first-order valence-electron chi connectivity index (χ1n) is 8.31. The summed E-state index contributed by atoms with van der Waals surface area (Å²) in [5, 5.41) is 4.36. The Morgan fingerprint density at radius 1 is 1.04 bits per heavy atom. The summed E-state index contributed by atoms with van der Waals surface area (Å²) in [5.41, 5.74) is 9.44. The zero-order valence-corrected chi connectivity index (χ0v) is 17.5. The van der Waals surface area contributed by atoms with Gasteiger partial charge in [0.2, 0.25) is 0 Å². The van der Waals surface area contributed by atoms with Gasteiger partial charge < -0.3 is 10.3 Å². The van der Waals surface area contributed by atoms with Crippen molar-refractivity contribution < 1.29 is 0 Å². The van der Waals surface area contributed by atoms with Crippen molar-refractivity contribution in [1.82, 2.24) is 34.1 Å². The summed E-state index contributed by atoms with van der Waals surface area (Å²) in [6.45, 7) is 0.528. The molecule has 28 heavy (non-hydrogen) atoms. The van der Waals surface area contributed by atoms with E-state index in [0.29, 0.717) is 29.7 Å². The van der Waals surface area contributed by atoms with Crippen molar-refractivity contribution >= 4 is 43.2 Å². The van der Waals surface area contributed by atoms with Gasteiger partial charge in [-0.25, -0.2) is 19.5 Å². The van der Waals surface area contributed by atoms with Gasteiger partial charge in [0.15, 0.2) is 23.2 Å². The van der Waals surface area contributed by atoms with Crippen LogP contribution in [0.2, 0.25) is 0 Å². The highest BCUT2D eigenvalue weighted by atomic mass is 79.9. The first kappa shape index (κ1) is 17.3. The molecule has 2 N–H and O–H groups in total. The highest BCUT2D eigenvalue weighted by Crippen LogP contribution is 2.32. The Labute approximate surface area is 176 Å². The van der Waals surface area contributed by atoms with Crippen LogP contribution in [-0.4, -0.2) is 34.1 Å². The predicted octanol–water partition coefficient (Wildman–Crippen LogP) is 3.64. The maximum Gasteiger partial charge on any atom is 0.166 e. The molecule has 0 aliphatic carbocycles. The molecule has 0 radical (unpaired) electrons. The summed E-state index contributed by atoms with van der Waals surface area (Å²) in [5.74, 6) is 1.57. The molecule has 0 spiro atoms. The summed E-state index contributed by atoms with van der Waals surface area (Å²) in [6, 6.07) is 5.86. The molecular formula is C18H12Br2N8. The lowest BCUT2D eigenvalue weighted by atomic mass is 10.2. The monoisotopic (exact) mass is 498 g/mol. The van der Waals surface area contributed by atoms with Gasteiger partial charge in [0.05, 0.1) is 30.1 Å².